The molecule has 1 aliphatic rings. The predicted molar refractivity (Wildman–Crippen MR) is 161 cm³/mol. The highest BCUT2D eigenvalue weighted by atomic mass is 19.1. The van der Waals surface area contributed by atoms with Gasteiger partial charge in [0.1, 0.15) is 29.0 Å². The van der Waals surface area contributed by atoms with E-state index in [-0.39, 0.29) is 17.8 Å². The lowest BCUT2D eigenvalue weighted by molar-refractivity contribution is -0.137. The van der Waals surface area contributed by atoms with Crippen LogP contribution in [0.1, 0.15) is 70.0 Å². The fraction of sp³-hybridized carbons (Fsp3) is 0.438. The van der Waals surface area contributed by atoms with Gasteiger partial charge in [-0.05, 0) is 101 Å². The van der Waals surface area contributed by atoms with Crippen LogP contribution >= 0.6 is 0 Å². The van der Waals surface area contributed by atoms with E-state index < -0.39 is 23.7 Å². The molecule has 3 aromatic rings. The van der Waals surface area contributed by atoms with Crippen molar-refractivity contribution in [3.05, 3.63) is 70.7 Å². The molecule has 10 heteroatoms. The zero-order valence-electron chi connectivity index (χ0n) is 25.5. The van der Waals surface area contributed by atoms with Crippen LogP contribution in [0.4, 0.5) is 26.6 Å². The number of aryl methyl sites for hydroxylation is 1. The van der Waals surface area contributed by atoms with Gasteiger partial charge in [-0.3, -0.25) is 0 Å². The third-order valence-electron chi connectivity index (χ3n) is 7.20. The number of fused-ring (bicyclic) bond motifs is 1. The molecule has 1 aromatic heterocycles. The lowest BCUT2D eigenvalue weighted by Crippen LogP contribution is -2.48. The Bertz CT molecular complexity index is 1450. The van der Waals surface area contributed by atoms with E-state index in [4.69, 9.17) is 14.5 Å². The molecule has 1 unspecified atom stereocenters. The van der Waals surface area contributed by atoms with E-state index in [1.54, 1.807) is 39.0 Å². The summed E-state index contributed by atoms with van der Waals surface area (Å²) < 4.78 is 24.4. The molecule has 2 aromatic carbocycles. The van der Waals surface area contributed by atoms with Crippen molar-refractivity contribution in [3.8, 4) is 5.75 Å². The Labute approximate surface area is 246 Å². The molecule has 2 heterocycles. The van der Waals surface area contributed by atoms with E-state index in [9.17, 15) is 14.0 Å². The number of hydrogen-bond acceptors (Lipinski definition) is 8. The minimum absolute atomic E-state index is 0.00224. The van der Waals surface area contributed by atoms with Crippen molar-refractivity contribution < 1.29 is 23.5 Å². The number of aromatic nitrogens is 2. The lowest BCUT2D eigenvalue weighted by Gasteiger charge is -2.37. The zero-order valence-corrected chi connectivity index (χ0v) is 25.5. The van der Waals surface area contributed by atoms with Crippen molar-refractivity contribution in [1.82, 2.24) is 15.3 Å². The second-order valence-electron chi connectivity index (χ2n) is 12.0. The minimum Gasteiger partial charge on any atom is -0.444 e. The maximum atomic E-state index is 13.4. The fourth-order valence-electron chi connectivity index (χ4n) is 4.88. The van der Waals surface area contributed by atoms with Gasteiger partial charge in [0, 0.05) is 23.5 Å². The van der Waals surface area contributed by atoms with Crippen LogP contribution in [-0.2, 0) is 16.0 Å². The number of nitrogens with one attached hydrogen (secondary N) is 2. The van der Waals surface area contributed by atoms with Gasteiger partial charge in [0.2, 0.25) is 5.95 Å². The van der Waals surface area contributed by atoms with Gasteiger partial charge in [-0.15, -0.1) is 0 Å². The van der Waals surface area contributed by atoms with Gasteiger partial charge >= 0.3 is 12.1 Å². The molecule has 0 spiro atoms. The Morgan fingerprint density at radius 1 is 1.07 bits per heavy atom. The van der Waals surface area contributed by atoms with Gasteiger partial charge in [0.25, 0.3) is 0 Å². The Kier molecular flexibility index (Phi) is 9.03. The second-order valence-corrected chi connectivity index (χ2v) is 12.0. The molecule has 0 saturated carbocycles. The first kappa shape index (κ1) is 30.7. The van der Waals surface area contributed by atoms with E-state index in [1.807, 2.05) is 39.8 Å². The summed E-state index contributed by atoms with van der Waals surface area (Å²) in [5.41, 5.74) is 4.05. The molecule has 0 radical (unpaired) electrons. The summed E-state index contributed by atoms with van der Waals surface area (Å²) in [6, 6.07) is 10.9. The van der Waals surface area contributed by atoms with Crippen LogP contribution in [0, 0.1) is 25.6 Å². The van der Waals surface area contributed by atoms with Crippen molar-refractivity contribution in [1.29, 1.82) is 0 Å². The first-order valence-electron chi connectivity index (χ1n) is 14.2. The van der Waals surface area contributed by atoms with Crippen molar-refractivity contribution in [2.45, 2.75) is 79.5 Å². The molecule has 2 atom stereocenters. The smallest absolute Gasteiger partial charge is 0.408 e. The number of esters is 1. The van der Waals surface area contributed by atoms with Gasteiger partial charge in [-0.1, -0.05) is 19.9 Å². The summed E-state index contributed by atoms with van der Waals surface area (Å²) in [5.74, 6) is 0.648. The van der Waals surface area contributed by atoms with Crippen molar-refractivity contribution >= 4 is 29.5 Å². The minimum atomic E-state index is -0.855. The second kappa shape index (κ2) is 12.3. The molecule has 0 aliphatic carbocycles. The topological polar surface area (TPSA) is 106 Å². The number of nitrogens with zero attached hydrogens (tertiary/aromatic N) is 3. The normalized spacial score (nSPS) is 15.6. The third kappa shape index (κ3) is 7.35. The van der Waals surface area contributed by atoms with Crippen molar-refractivity contribution in [2.24, 2.45) is 5.92 Å². The number of halogens is 1. The molecule has 4 rings (SSSR count). The summed E-state index contributed by atoms with van der Waals surface area (Å²) in [4.78, 5) is 37.0. The monoisotopic (exact) mass is 577 g/mol. The average Bonchev–Trinajstić information content (AvgIpc) is 2.90. The van der Waals surface area contributed by atoms with Crippen LogP contribution in [-0.4, -0.2) is 40.2 Å². The number of benzene rings is 2. The maximum Gasteiger partial charge on any atom is 0.408 e. The molecule has 42 heavy (non-hydrogen) atoms. The Balaban J connectivity index is 1.50. The van der Waals surface area contributed by atoms with Crippen LogP contribution in [0.3, 0.4) is 0 Å². The van der Waals surface area contributed by atoms with E-state index in [0.717, 1.165) is 34.6 Å². The molecule has 0 saturated heterocycles. The van der Waals surface area contributed by atoms with Crippen LogP contribution < -0.4 is 20.3 Å². The van der Waals surface area contributed by atoms with Gasteiger partial charge in [-0.25, -0.2) is 19.0 Å². The lowest BCUT2D eigenvalue weighted by atomic mass is 9.93. The summed E-state index contributed by atoms with van der Waals surface area (Å²) in [5, 5.41) is 5.82. The number of carbonyl (C=O) groups excluding carboxylic acids is 2. The van der Waals surface area contributed by atoms with Gasteiger partial charge in [0.05, 0.1) is 6.04 Å². The summed E-state index contributed by atoms with van der Waals surface area (Å²) in [7, 11) is 0. The van der Waals surface area contributed by atoms with E-state index in [1.165, 1.54) is 12.1 Å². The number of amides is 1. The molecular weight excluding hydrogens is 537 g/mol. The quantitative estimate of drug-likeness (QED) is 0.240. The molecule has 0 fully saturated rings. The highest BCUT2D eigenvalue weighted by Gasteiger charge is 2.30. The number of alkyl carbamates (subject to hydrolysis) is 1. The van der Waals surface area contributed by atoms with E-state index >= 15 is 0 Å². The van der Waals surface area contributed by atoms with Gasteiger partial charge in [0.15, 0.2) is 0 Å². The molecule has 1 amide bonds. The molecule has 2 N–H and O–H groups in total. The van der Waals surface area contributed by atoms with E-state index in [2.05, 4.69) is 27.4 Å². The van der Waals surface area contributed by atoms with E-state index in [0.29, 0.717) is 23.9 Å². The van der Waals surface area contributed by atoms with Crippen LogP contribution in [0.15, 0.2) is 42.5 Å². The third-order valence-corrected chi connectivity index (χ3v) is 7.20. The maximum absolute atomic E-state index is 13.4. The summed E-state index contributed by atoms with van der Waals surface area (Å²) >= 11 is 0. The summed E-state index contributed by atoms with van der Waals surface area (Å²) in [6.45, 7) is 15.7. The Hall–Kier alpha value is -4.21. The fourth-order valence-corrected chi connectivity index (χ4v) is 4.88. The number of hydrogen-bond donors (Lipinski definition) is 2. The SMILES string of the molecule is Cc1nc(Nc2ccc(F)cc2)nc(N2CCc3cc(OC(=O)[C@@H](NC(=O)OC(C)(C)C)C(C)C)ccc3C2C)c1C. The van der Waals surface area contributed by atoms with Gasteiger partial charge < -0.3 is 25.0 Å². The number of carbonyl (C=O) groups is 2. The highest BCUT2D eigenvalue weighted by Crippen LogP contribution is 2.36. The zero-order chi connectivity index (χ0) is 30.8. The van der Waals surface area contributed by atoms with Crippen LogP contribution in [0.5, 0.6) is 5.75 Å². The largest absolute Gasteiger partial charge is 0.444 e. The molecule has 0 bridgehead atoms. The molecule has 9 nitrogen and oxygen atoms in total. The van der Waals surface area contributed by atoms with Crippen molar-refractivity contribution in [2.75, 3.05) is 16.8 Å². The highest BCUT2D eigenvalue weighted by molar-refractivity contribution is 5.83. The number of ether oxygens (including phenoxy) is 2. The van der Waals surface area contributed by atoms with Crippen molar-refractivity contribution in [3.63, 3.8) is 0 Å². The number of anilines is 3. The molecular formula is C32H40FN5O4. The summed E-state index contributed by atoms with van der Waals surface area (Å²) in [6.07, 6.45) is 0.0571. The first-order valence-corrected chi connectivity index (χ1v) is 14.2. The number of rotatable bonds is 7. The Morgan fingerprint density at radius 2 is 1.76 bits per heavy atom. The molecule has 1 aliphatic heterocycles. The van der Waals surface area contributed by atoms with Gasteiger partial charge in [-0.2, -0.15) is 4.98 Å². The first-order chi connectivity index (χ1) is 19.7. The Morgan fingerprint density at radius 3 is 2.40 bits per heavy atom. The van der Waals surface area contributed by atoms with Crippen LogP contribution in [0.2, 0.25) is 0 Å². The average molecular weight is 578 g/mol. The standard InChI is InChI=1S/C32H40FN5O4/c1-18(2)27(36-31(40)42-32(6,7)8)29(39)41-25-13-14-26-21(5)38(16-15-22(26)17-25)28-19(3)20(4)34-30(37-28)35-24-11-9-23(33)10-12-24/h9-14,17-18,21,27H,15-16H2,1-8H3,(H,36,40)(H,34,35,37)/t21?,27-/m0/s1. The predicted octanol–water partition coefficient (Wildman–Crippen LogP) is 6.55. The molecule has 224 valence electrons. The van der Waals surface area contributed by atoms with Crippen LogP contribution in [0.25, 0.3) is 0 Å².